The van der Waals surface area contributed by atoms with Crippen molar-refractivity contribution in [2.45, 2.75) is 62.7 Å². The van der Waals surface area contributed by atoms with Crippen molar-refractivity contribution in [2.75, 3.05) is 6.54 Å². The topological polar surface area (TPSA) is 49.8 Å². The van der Waals surface area contributed by atoms with E-state index in [9.17, 15) is 18.7 Å². The van der Waals surface area contributed by atoms with Crippen molar-refractivity contribution in [2.24, 2.45) is 0 Å². The third kappa shape index (κ3) is 3.28. The number of hydrogen-bond acceptors (Lipinski definition) is 3. The fourth-order valence-electron chi connectivity index (χ4n) is 3.82. The van der Waals surface area contributed by atoms with Crippen LogP contribution in [0, 0.1) is 0 Å². The second-order valence-electron chi connectivity index (χ2n) is 7.46. The smallest absolute Gasteiger partial charge is 0.411 e. The molecule has 1 aliphatic heterocycles. The highest BCUT2D eigenvalue weighted by Crippen LogP contribution is 2.51. The Morgan fingerprint density at radius 1 is 1.20 bits per heavy atom. The van der Waals surface area contributed by atoms with Gasteiger partial charge in [-0.05, 0) is 44.4 Å². The third-order valence-corrected chi connectivity index (χ3v) is 6.22. The number of amides is 1. The summed E-state index contributed by atoms with van der Waals surface area (Å²) in [5.41, 5.74) is -1.01. The maximum atomic E-state index is 13.6. The van der Waals surface area contributed by atoms with Crippen LogP contribution in [0.4, 0.5) is 13.6 Å². The average molecular weight is 418 g/mol. The van der Waals surface area contributed by atoms with Crippen molar-refractivity contribution in [3.8, 4) is 0 Å². The Hall–Kier alpha value is -1.21. The molecular formula is C18H22BrF2NO3. The summed E-state index contributed by atoms with van der Waals surface area (Å²) in [6, 6.07) is 7.19. The molecule has 0 radical (unpaired) electrons. The first-order valence-corrected chi connectivity index (χ1v) is 9.18. The third-order valence-electron chi connectivity index (χ3n) is 5.69. The molecule has 0 aromatic heterocycles. The molecule has 1 saturated heterocycles. The number of carbonyl (C=O) groups is 1. The van der Waals surface area contributed by atoms with Crippen LogP contribution in [-0.2, 0) is 4.74 Å². The van der Waals surface area contributed by atoms with Crippen LogP contribution in [-0.4, -0.2) is 39.7 Å². The number of hydrogen-bond donors (Lipinski definition) is 1. The number of rotatable bonds is 3. The molecule has 1 aliphatic carbocycles. The molecule has 1 aromatic rings. The van der Waals surface area contributed by atoms with Gasteiger partial charge in [-0.3, -0.25) is 4.90 Å². The monoisotopic (exact) mass is 417 g/mol. The first-order chi connectivity index (χ1) is 11.6. The summed E-state index contributed by atoms with van der Waals surface area (Å²) in [5.74, 6) is -2.70. The molecule has 3 rings (SSSR count). The maximum absolute atomic E-state index is 13.6. The average Bonchev–Trinajstić information content (AvgIpc) is 2.71. The largest absolute Gasteiger partial charge is 0.440 e. The summed E-state index contributed by atoms with van der Waals surface area (Å²) in [6.07, 6.45) is -1.74. The van der Waals surface area contributed by atoms with Gasteiger partial charge in [0.2, 0.25) is 5.92 Å². The second-order valence-corrected chi connectivity index (χ2v) is 8.37. The van der Waals surface area contributed by atoms with Crippen molar-refractivity contribution in [3.05, 3.63) is 34.3 Å². The number of alkyl halides is 2. The molecule has 2 fully saturated rings. The SMILES string of the molecule is CC1(C)N(CC(O)c2ccc(Br)cc2)C(=O)OC12CCC(F)(F)CC2. The lowest BCUT2D eigenvalue weighted by molar-refractivity contribution is -0.116. The Morgan fingerprint density at radius 3 is 2.32 bits per heavy atom. The number of nitrogens with zero attached hydrogens (tertiary/aromatic N) is 1. The highest BCUT2D eigenvalue weighted by molar-refractivity contribution is 9.10. The molecule has 1 saturated carbocycles. The first-order valence-electron chi connectivity index (χ1n) is 8.38. The first kappa shape index (κ1) is 18.6. The van der Waals surface area contributed by atoms with Crippen molar-refractivity contribution >= 4 is 22.0 Å². The summed E-state index contributed by atoms with van der Waals surface area (Å²) < 4.78 is 33.6. The minimum Gasteiger partial charge on any atom is -0.440 e. The van der Waals surface area contributed by atoms with Crippen molar-refractivity contribution < 1.29 is 23.4 Å². The van der Waals surface area contributed by atoms with Crippen LogP contribution in [0.5, 0.6) is 0 Å². The fraction of sp³-hybridized carbons (Fsp3) is 0.611. The zero-order valence-corrected chi connectivity index (χ0v) is 15.9. The van der Waals surface area contributed by atoms with E-state index in [0.717, 1.165) is 4.47 Å². The molecule has 25 heavy (non-hydrogen) atoms. The Bertz CT molecular complexity index is 653. The normalized spacial score (nSPS) is 25.0. The van der Waals surface area contributed by atoms with E-state index in [-0.39, 0.29) is 32.2 Å². The van der Waals surface area contributed by atoms with Gasteiger partial charge in [0.15, 0.2) is 0 Å². The number of aliphatic hydroxyl groups is 1. The van der Waals surface area contributed by atoms with E-state index in [1.165, 1.54) is 4.90 Å². The fourth-order valence-corrected chi connectivity index (χ4v) is 4.09. The van der Waals surface area contributed by atoms with E-state index >= 15 is 0 Å². The predicted molar refractivity (Wildman–Crippen MR) is 92.5 cm³/mol. The standard InChI is InChI=1S/C18H22BrF2NO3/c1-16(2)17(7-9-18(20,21)10-8-17)25-15(24)22(16)11-14(23)12-3-5-13(19)6-4-12/h3-6,14,23H,7-11H2,1-2H3. The van der Waals surface area contributed by atoms with Crippen LogP contribution in [0.3, 0.4) is 0 Å². The molecular weight excluding hydrogens is 396 g/mol. The lowest BCUT2D eigenvalue weighted by Crippen LogP contribution is -2.57. The molecule has 1 N–H and O–H groups in total. The number of β-amino-alcohol motifs (C(OH)–C–C–N with tert-alkyl or cyclic N) is 1. The van der Waals surface area contributed by atoms with Gasteiger partial charge in [-0.25, -0.2) is 13.6 Å². The van der Waals surface area contributed by atoms with Gasteiger partial charge in [0.25, 0.3) is 0 Å². The van der Waals surface area contributed by atoms with E-state index < -0.39 is 29.3 Å². The van der Waals surface area contributed by atoms with Gasteiger partial charge in [0.1, 0.15) is 5.60 Å². The van der Waals surface area contributed by atoms with Gasteiger partial charge < -0.3 is 9.84 Å². The molecule has 4 nitrogen and oxygen atoms in total. The molecule has 1 atom stereocenters. The number of carbonyl (C=O) groups excluding carboxylic acids is 1. The molecule has 2 aliphatic rings. The summed E-state index contributed by atoms with van der Waals surface area (Å²) in [4.78, 5) is 13.9. The van der Waals surface area contributed by atoms with Crippen LogP contribution in [0.2, 0.25) is 0 Å². The van der Waals surface area contributed by atoms with Gasteiger partial charge in [-0.2, -0.15) is 0 Å². The van der Waals surface area contributed by atoms with E-state index in [1.54, 1.807) is 12.1 Å². The van der Waals surface area contributed by atoms with Crippen LogP contribution < -0.4 is 0 Å². The van der Waals surface area contributed by atoms with Crippen LogP contribution >= 0.6 is 15.9 Å². The van der Waals surface area contributed by atoms with Crippen molar-refractivity contribution in [1.82, 2.24) is 4.90 Å². The highest BCUT2D eigenvalue weighted by Gasteiger charge is 2.62. The van der Waals surface area contributed by atoms with E-state index in [4.69, 9.17) is 4.74 Å². The van der Waals surface area contributed by atoms with Gasteiger partial charge in [-0.1, -0.05) is 28.1 Å². The number of halogens is 3. The molecule has 1 amide bonds. The minimum absolute atomic E-state index is 0.0611. The Kier molecular flexibility index (Phi) is 4.60. The molecule has 1 heterocycles. The number of benzene rings is 1. The van der Waals surface area contributed by atoms with Crippen LogP contribution in [0.15, 0.2) is 28.7 Å². The van der Waals surface area contributed by atoms with Gasteiger partial charge in [-0.15, -0.1) is 0 Å². The zero-order valence-electron chi connectivity index (χ0n) is 14.3. The summed E-state index contributed by atoms with van der Waals surface area (Å²) in [7, 11) is 0. The van der Waals surface area contributed by atoms with E-state index in [1.807, 2.05) is 26.0 Å². The second kappa shape index (κ2) is 6.20. The number of ether oxygens (including phenoxy) is 1. The van der Waals surface area contributed by atoms with Crippen LogP contribution in [0.1, 0.15) is 51.2 Å². The zero-order chi connectivity index (χ0) is 18.5. The molecule has 138 valence electrons. The molecule has 1 spiro atoms. The summed E-state index contributed by atoms with van der Waals surface area (Å²) in [5, 5.41) is 10.5. The van der Waals surface area contributed by atoms with Gasteiger partial charge >= 0.3 is 6.09 Å². The maximum Gasteiger partial charge on any atom is 0.411 e. The van der Waals surface area contributed by atoms with Crippen LogP contribution in [0.25, 0.3) is 0 Å². The molecule has 7 heteroatoms. The molecule has 0 bridgehead atoms. The van der Waals surface area contributed by atoms with E-state index in [2.05, 4.69) is 15.9 Å². The Morgan fingerprint density at radius 2 is 1.76 bits per heavy atom. The quantitative estimate of drug-likeness (QED) is 0.777. The highest BCUT2D eigenvalue weighted by atomic mass is 79.9. The van der Waals surface area contributed by atoms with E-state index in [0.29, 0.717) is 5.56 Å². The lowest BCUT2D eigenvalue weighted by atomic mass is 9.71. The summed E-state index contributed by atoms with van der Waals surface area (Å²) >= 11 is 3.34. The Labute approximate surface area is 154 Å². The molecule has 1 unspecified atom stereocenters. The lowest BCUT2D eigenvalue weighted by Gasteiger charge is -2.45. The van der Waals surface area contributed by atoms with Gasteiger partial charge in [0.05, 0.1) is 18.2 Å². The van der Waals surface area contributed by atoms with Gasteiger partial charge in [0, 0.05) is 17.3 Å². The van der Waals surface area contributed by atoms with Crippen molar-refractivity contribution in [3.63, 3.8) is 0 Å². The molecule has 1 aromatic carbocycles. The Balaban J connectivity index is 1.78. The van der Waals surface area contributed by atoms with Crippen molar-refractivity contribution in [1.29, 1.82) is 0 Å². The summed E-state index contributed by atoms with van der Waals surface area (Å²) in [6.45, 7) is 3.72. The minimum atomic E-state index is -2.70. The predicted octanol–water partition coefficient (Wildman–Crippen LogP) is 4.66. The number of aliphatic hydroxyl groups excluding tert-OH is 1.